The van der Waals surface area contributed by atoms with Crippen molar-refractivity contribution in [1.29, 1.82) is 0 Å². The third-order valence-electron chi connectivity index (χ3n) is 4.73. The van der Waals surface area contributed by atoms with Gasteiger partial charge in [0.1, 0.15) is 5.75 Å². The molecule has 0 saturated carbocycles. The Morgan fingerprint density at radius 2 is 1.73 bits per heavy atom. The Hall–Kier alpha value is -2.54. The summed E-state index contributed by atoms with van der Waals surface area (Å²) in [5.74, 6) is 0.693. The lowest BCUT2D eigenvalue weighted by Gasteiger charge is -2.23. The van der Waals surface area contributed by atoms with E-state index in [0.29, 0.717) is 18.7 Å². The quantitative estimate of drug-likeness (QED) is 0.617. The third-order valence-corrected chi connectivity index (χ3v) is 5.92. The molecule has 1 N–H and O–H groups in total. The van der Waals surface area contributed by atoms with E-state index in [4.69, 9.17) is 4.74 Å². The number of amides is 1. The van der Waals surface area contributed by atoms with E-state index in [1.165, 1.54) is 10.6 Å². The van der Waals surface area contributed by atoms with Crippen molar-refractivity contribution in [2.75, 3.05) is 17.1 Å². The second kappa shape index (κ2) is 10.5. The molecule has 0 aliphatic heterocycles. The van der Waals surface area contributed by atoms with Gasteiger partial charge in [0.15, 0.2) is 0 Å². The average molecular weight is 433 g/mol. The maximum absolute atomic E-state index is 12.2. The fourth-order valence-electron chi connectivity index (χ4n) is 3.00. The topological polar surface area (TPSA) is 75.7 Å². The predicted molar refractivity (Wildman–Crippen MR) is 121 cm³/mol. The van der Waals surface area contributed by atoms with Gasteiger partial charge in [-0.2, -0.15) is 0 Å². The molecule has 164 valence electrons. The number of benzene rings is 2. The van der Waals surface area contributed by atoms with Crippen molar-refractivity contribution in [3.63, 3.8) is 0 Å². The molecule has 0 unspecified atom stereocenters. The smallest absolute Gasteiger partial charge is 0.232 e. The number of rotatable bonds is 10. The zero-order valence-corrected chi connectivity index (χ0v) is 19.3. The van der Waals surface area contributed by atoms with Crippen molar-refractivity contribution in [1.82, 2.24) is 5.32 Å². The number of sulfonamides is 1. The Morgan fingerprint density at radius 3 is 2.30 bits per heavy atom. The number of nitrogens with one attached hydrogen (secondary N) is 1. The number of carbonyl (C=O) groups excluding carboxylic acids is 1. The van der Waals surface area contributed by atoms with E-state index in [9.17, 15) is 13.2 Å². The van der Waals surface area contributed by atoms with Crippen LogP contribution in [0.2, 0.25) is 0 Å². The number of anilines is 1. The van der Waals surface area contributed by atoms with Gasteiger partial charge in [0, 0.05) is 19.5 Å². The zero-order valence-electron chi connectivity index (χ0n) is 18.4. The first-order valence-corrected chi connectivity index (χ1v) is 12.0. The maximum Gasteiger partial charge on any atom is 0.232 e. The molecule has 0 atom stereocenters. The van der Waals surface area contributed by atoms with Crippen molar-refractivity contribution in [3.05, 3.63) is 59.2 Å². The van der Waals surface area contributed by atoms with Gasteiger partial charge >= 0.3 is 0 Å². The van der Waals surface area contributed by atoms with Crippen molar-refractivity contribution in [3.8, 4) is 5.75 Å². The fourth-order valence-corrected chi connectivity index (χ4v) is 3.95. The summed E-state index contributed by atoms with van der Waals surface area (Å²) in [4.78, 5) is 12.2. The first kappa shape index (κ1) is 23.7. The first-order chi connectivity index (χ1) is 14.1. The Kier molecular flexibility index (Phi) is 8.29. The lowest BCUT2D eigenvalue weighted by Crippen LogP contribution is -2.32. The van der Waals surface area contributed by atoms with E-state index >= 15 is 0 Å². The predicted octanol–water partition coefficient (Wildman–Crippen LogP) is 3.95. The van der Waals surface area contributed by atoms with Gasteiger partial charge in [-0.05, 0) is 75.1 Å². The highest BCUT2D eigenvalue weighted by Gasteiger charge is 2.18. The summed E-state index contributed by atoms with van der Waals surface area (Å²) in [6, 6.07) is 13.2. The van der Waals surface area contributed by atoms with Crippen LogP contribution in [-0.4, -0.2) is 33.2 Å². The molecule has 0 aliphatic rings. The van der Waals surface area contributed by atoms with E-state index in [1.54, 1.807) is 6.07 Å². The van der Waals surface area contributed by atoms with Crippen LogP contribution in [0.4, 0.5) is 5.69 Å². The summed E-state index contributed by atoms with van der Waals surface area (Å²) >= 11 is 0. The van der Waals surface area contributed by atoms with Gasteiger partial charge in [0.05, 0.1) is 18.0 Å². The molecule has 6 nitrogen and oxygen atoms in total. The largest absolute Gasteiger partial charge is 0.491 e. The molecule has 0 fully saturated rings. The molecule has 2 aromatic carbocycles. The summed E-state index contributed by atoms with van der Waals surface area (Å²) in [5, 5.41) is 2.88. The van der Waals surface area contributed by atoms with Crippen molar-refractivity contribution in [2.24, 2.45) is 0 Å². The summed E-state index contributed by atoms with van der Waals surface area (Å²) in [6.45, 7) is 8.56. The lowest BCUT2D eigenvalue weighted by atomic mass is 10.1. The molecule has 7 heteroatoms. The lowest BCUT2D eigenvalue weighted by molar-refractivity contribution is -0.121. The molecule has 0 spiro atoms. The van der Waals surface area contributed by atoms with Crippen LogP contribution in [0.15, 0.2) is 42.5 Å². The molecule has 2 rings (SSSR count). The average Bonchev–Trinajstić information content (AvgIpc) is 2.65. The van der Waals surface area contributed by atoms with Crippen LogP contribution < -0.4 is 14.4 Å². The Bertz CT molecular complexity index is 954. The van der Waals surface area contributed by atoms with Crippen LogP contribution in [0, 0.1) is 13.8 Å². The molecular formula is C23H32N2O4S. The van der Waals surface area contributed by atoms with Gasteiger partial charge in [-0.15, -0.1) is 0 Å². The highest BCUT2D eigenvalue weighted by Crippen LogP contribution is 2.22. The number of aryl methyl sites for hydroxylation is 2. The number of hydrogen-bond donors (Lipinski definition) is 1. The number of carbonyl (C=O) groups is 1. The van der Waals surface area contributed by atoms with Gasteiger partial charge in [0.2, 0.25) is 15.9 Å². The molecule has 0 aromatic heterocycles. The summed E-state index contributed by atoms with van der Waals surface area (Å²) in [6.07, 6.45) is 2.00. The molecule has 2 aromatic rings. The van der Waals surface area contributed by atoms with Gasteiger partial charge < -0.3 is 10.1 Å². The summed E-state index contributed by atoms with van der Waals surface area (Å²) in [5.41, 5.74) is 3.75. The molecule has 1 amide bonds. The van der Waals surface area contributed by atoms with Gasteiger partial charge in [0.25, 0.3) is 0 Å². The van der Waals surface area contributed by atoms with Crippen molar-refractivity contribution in [2.45, 2.75) is 53.2 Å². The highest BCUT2D eigenvalue weighted by atomic mass is 32.2. The summed E-state index contributed by atoms with van der Waals surface area (Å²) in [7, 11) is -3.42. The fraction of sp³-hybridized carbons (Fsp3) is 0.435. The Balaban J connectivity index is 1.86. The molecular weight excluding hydrogens is 400 g/mol. The minimum absolute atomic E-state index is 0.106. The van der Waals surface area contributed by atoms with Crippen molar-refractivity contribution >= 4 is 21.6 Å². The standard InChI is InChI=1S/C23H32N2O4S/c1-17(2)29-22-12-9-20(10-13-22)16-24-23(26)7-6-14-25(30(5,27)28)21-11-8-18(3)19(4)15-21/h8-13,15,17H,6-7,14,16H2,1-5H3,(H,24,26). The number of ether oxygens (including phenoxy) is 1. The minimum Gasteiger partial charge on any atom is -0.491 e. The van der Waals surface area contributed by atoms with E-state index in [-0.39, 0.29) is 25.0 Å². The van der Waals surface area contributed by atoms with Gasteiger partial charge in [-0.25, -0.2) is 8.42 Å². The highest BCUT2D eigenvalue weighted by molar-refractivity contribution is 7.92. The SMILES string of the molecule is Cc1ccc(N(CCCC(=O)NCc2ccc(OC(C)C)cc2)S(C)(=O)=O)cc1C. The molecule has 0 bridgehead atoms. The Labute approximate surface area is 180 Å². The van der Waals surface area contributed by atoms with E-state index in [0.717, 1.165) is 22.4 Å². The Morgan fingerprint density at radius 1 is 1.07 bits per heavy atom. The maximum atomic E-state index is 12.2. The van der Waals surface area contributed by atoms with Crippen LogP contribution in [0.1, 0.15) is 43.4 Å². The van der Waals surface area contributed by atoms with Crippen LogP contribution >= 0.6 is 0 Å². The third kappa shape index (κ3) is 7.37. The number of nitrogens with zero attached hydrogens (tertiary/aromatic N) is 1. The van der Waals surface area contributed by atoms with Gasteiger partial charge in [-0.3, -0.25) is 9.10 Å². The first-order valence-electron chi connectivity index (χ1n) is 10.1. The summed E-state index contributed by atoms with van der Waals surface area (Å²) < 4.78 is 31.4. The second-order valence-corrected chi connectivity index (χ2v) is 9.70. The molecule has 0 heterocycles. The van der Waals surface area contributed by atoms with Gasteiger partial charge in [-0.1, -0.05) is 18.2 Å². The van der Waals surface area contributed by atoms with E-state index < -0.39 is 10.0 Å². The number of hydrogen-bond acceptors (Lipinski definition) is 4. The molecule has 30 heavy (non-hydrogen) atoms. The normalized spacial score (nSPS) is 11.4. The van der Waals surface area contributed by atoms with Crippen molar-refractivity contribution < 1.29 is 17.9 Å². The minimum atomic E-state index is -3.42. The monoisotopic (exact) mass is 432 g/mol. The van der Waals surface area contributed by atoms with Crippen LogP contribution in [-0.2, 0) is 21.4 Å². The molecule has 0 aliphatic carbocycles. The van der Waals surface area contributed by atoms with Crippen LogP contribution in [0.25, 0.3) is 0 Å². The zero-order chi connectivity index (χ0) is 22.3. The molecule has 0 radical (unpaired) electrons. The van der Waals surface area contributed by atoms with E-state index in [1.807, 2.05) is 64.1 Å². The van der Waals surface area contributed by atoms with Crippen LogP contribution in [0.5, 0.6) is 5.75 Å². The second-order valence-electron chi connectivity index (χ2n) is 7.79. The molecule has 0 saturated heterocycles. The van der Waals surface area contributed by atoms with Crippen LogP contribution in [0.3, 0.4) is 0 Å². The van der Waals surface area contributed by atoms with E-state index in [2.05, 4.69) is 5.32 Å².